The Morgan fingerprint density at radius 1 is 1.40 bits per heavy atom. The van der Waals surface area contributed by atoms with Gasteiger partial charge in [-0.1, -0.05) is 13.8 Å². The van der Waals surface area contributed by atoms with Crippen molar-refractivity contribution in [1.29, 1.82) is 0 Å². The average molecular weight is 286 g/mol. The van der Waals surface area contributed by atoms with Crippen molar-refractivity contribution in [2.75, 3.05) is 6.61 Å². The first-order chi connectivity index (χ1) is 9.19. The highest BCUT2D eigenvalue weighted by Crippen LogP contribution is 2.23. The monoisotopic (exact) mass is 286 g/mol. The molecule has 0 aromatic heterocycles. The molecule has 0 aliphatic carbocycles. The maximum atomic E-state index is 11.9. The SMILES string of the molecule is CC(C)CC(NC(=O)NC1CCOC(C)(C)C1)C(=O)O. The fraction of sp³-hybridized carbons (Fsp3) is 0.857. The summed E-state index contributed by atoms with van der Waals surface area (Å²) < 4.78 is 5.58. The van der Waals surface area contributed by atoms with Crippen molar-refractivity contribution >= 4 is 12.0 Å². The van der Waals surface area contributed by atoms with Gasteiger partial charge in [-0.25, -0.2) is 9.59 Å². The van der Waals surface area contributed by atoms with Crippen molar-refractivity contribution < 1.29 is 19.4 Å². The molecular weight excluding hydrogens is 260 g/mol. The second-order valence-electron chi connectivity index (χ2n) is 6.44. The molecule has 0 aromatic carbocycles. The molecule has 3 N–H and O–H groups in total. The largest absolute Gasteiger partial charge is 0.480 e. The lowest BCUT2D eigenvalue weighted by atomic mass is 9.94. The molecule has 116 valence electrons. The van der Waals surface area contributed by atoms with Gasteiger partial charge in [0.05, 0.1) is 5.60 Å². The third-order valence-electron chi connectivity index (χ3n) is 3.34. The summed E-state index contributed by atoms with van der Waals surface area (Å²) in [6.07, 6.45) is 1.89. The van der Waals surface area contributed by atoms with Crippen LogP contribution >= 0.6 is 0 Å². The van der Waals surface area contributed by atoms with Gasteiger partial charge >= 0.3 is 12.0 Å². The van der Waals surface area contributed by atoms with Crippen molar-refractivity contribution in [3.8, 4) is 0 Å². The number of aliphatic carboxylic acids is 1. The summed E-state index contributed by atoms with van der Waals surface area (Å²) in [6, 6.07) is -1.24. The van der Waals surface area contributed by atoms with Crippen LogP contribution in [-0.2, 0) is 9.53 Å². The van der Waals surface area contributed by atoms with Crippen LogP contribution in [0, 0.1) is 5.92 Å². The van der Waals surface area contributed by atoms with Crippen molar-refractivity contribution in [1.82, 2.24) is 10.6 Å². The Kier molecular flexibility index (Phi) is 5.80. The van der Waals surface area contributed by atoms with Crippen LogP contribution in [-0.4, -0.2) is 41.4 Å². The first-order valence-corrected chi connectivity index (χ1v) is 7.13. The Bertz CT molecular complexity index is 355. The molecule has 0 radical (unpaired) electrons. The van der Waals surface area contributed by atoms with E-state index in [2.05, 4.69) is 10.6 Å². The van der Waals surface area contributed by atoms with E-state index in [-0.39, 0.29) is 17.6 Å². The van der Waals surface area contributed by atoms with Crippen LogP contribution in [0.3, 0.4) is 0 Å². The molecule has 1 saturated heterocycles. The van der Waals surface area contributed by atoms with E-state index in [9.17, 15) is 9.59 Å². The van der Waals surface area contributed by atoms with Crippen LogP contribution in [0.1, 0.15) is 47.0 Å². The molecule has 0 spiro atoms. The van der Waals surface area contributed by atoms with Gasteiger partial charge < -0.3 is 20.5 Å². The number of carbonyl (C=O) groups excluding carboxylic acids is 1. The van der Waals surface area contributed by atoms with E-state index < -0.39 is 18.0 Å². The number of hydrogen-bond acceptors (Lipinski definition) is 3. The van der Waals surface area contributed by atoms with E-state index in [0.717, 1.165) is 12.8 Å². The molecule has 2 atom stereocenters. The second kappa shape index (κ2) is 6.92. The molecule has 2 unspecified atom stereocenters. The van der Waals surface area contributed by atoms with Crippen LogP contribution in [0.25, 0.3) is 0 Å². The van der Waals surface area contributed by atoms with E-state index in [4.69, 9.17) is 9.84 Å². The number of hydrogen-bond donors (Lipinski definition) is 3. The van der Waals surface area contributed by atoms with E-state index >= 15 is 0 Å². The minimum absolute atomic E-state index is 0.0206. The third kappa shape index (κ3) is 5.77. The maximum absolute atomic E-state index is 11.9. The zero-order valence-corrected chi connectivity index (χ0v) is 12.7. The quantitative estimate of drug-likeness (QED) is 0.718. The van der Waals surface area contributed by atoms with Gasteiger partial charge in [0.1, 0.15) is 6.04 Å². The van der Waals surface area contributed by atoms with E-state index in [1.54, 1.807) is 0 Å². The first kappa shape index (κ1) is 16.8. The van der Waals surface area contributed by atoms with E-state index in [1.165, 1.54) is 0 Å². The number of carbonyl (C=O) groups is 2. The van der Waals surface area contributed by atoms with Gasteiger partial charge in [-0.15, -0.1) is 0 Å². The van der Waals surface area contributed by atoms with Gasteiger partial charge in [0.15, 0.2) is 0 Å². The Morgan fingerprint density at radius 3 is 2.55 bits per heavy atom. The zero-order chi connectivity index (χ0) is 15.3. The van der Waals surface area contributed by atoms with Crippen LogP contribution in [0.2, 0.25) is 0 Å². The van der Waals surface area contributed by atoms with Gasteiger partial charge in [-0.05, 0) is 39.0 Å². The van der Waals surface area contributed by atoms with Crippen molar-refractivity contribution in [3.63, 3.8) is 0 Å². The predicted molar refractivity (Wildman–Crippen MR) is 75.6 cm³/mol. The van der Waals surface area contributed by atoms with Crippen LogP contribution < -0.4 is 10.6 Å². The van der Waals surface area contributed by atoms with E-state index in [0.29, 0.717) is 13.0 Å². The van der Waals surface area contributed by atoms with Crippen molar-refractivity contribution in [2.45, 2.75) is 64.6 Å². The number of nitrogens with one attached hydrogen (secondary N) is 2. The van der Waals surface area contributed by atoms with Crippen molar-refractivity contribution in [3.05, 3.63) is 0 Å². The molecule has 6 heteroatoms. The van der Waals surface area contributed by atoms with Crippen LogP contribution in [0.15, 0.2) is 0 Å². The summed E-state index contributed by atoms with van der Waals surface area (Å²) in [5, 5.41) is 14.5. The highest BCUT2D eigenvalue weighted by Gasteiger charge is 2.30. The molecular formula is C14H26N2O4. The molecule has 0 bridgehead atoms. The lowest BCUT2D eigenvalue weighted by Crippen LogP contribution is -2.52. The van der Waals surface area contributed by atoms with Crippen LogP contribution in [0.4, 0.5) is 4.79 Å². The Morgan fingerprint density at radius 2 is 2.05 bits per heavy atom. The standard InChI is InChI=1S/C14H26N2O4/c1-9(2)7-11(12(17)18)16-13(19)15-10-5-6-20-14(3,4)8-10/h9-11H,5-8H2,1-4H3,(H,17,18)(H2,15,16,19). The van der Waals surface area contributed by atoms with Gasteiger partial charge in [-0.3, -0.25) is 0 Å². The van der Waals surface area contributed by atoms with Gasteiger partial charge in [0.25, 0.3) is 0 Å². The molecule has 0 aromatic rings. The fourth-order valence-corrected chi connectivity index (χ4v) is 2.43. The Labute approximate surface area is 120 Å². The average Bonchev–Trinajstić information content (AvgIpc) is 2.25. The van der Waals surface area contributed by atoms with Crippen molar-refractivity contribution in [2.24, 2.45) is 5.92 Å². The minimum atomic E-state index is -0.999. The normalized spacial score (nSPS) is 23.1. The third-order valence-corrected chi connectivity index (χ3v) is 3.34. The second-order valence-corrected chi connectivity index (χ2v) is 6.44. The summed E-state index contributed by atoms with van der Waals surface area (Å²) >= 11 is 0. The predicted octanol–water partition coefficient (Wildman–Crippen LogP) is 1.74. The van der Waals surface area contributed by atoms with Crippen LogP contribution in [0.5, 0.6) is 0 Å². The molecule has 1 rings (SSSR count). The molecule has 20 heavy (non-hydrogen) atoms. The molecule has 2 amide bonds. The molecule has 6 nitrogen and oxygen atoms in total. The topological polar surface area (TPSA) is 87.7 Å². The number of amides is 2. The number of rotatable bonds is 5. The Balaban J connectivity index is 2.47. The number of carboxylic acids is 1. The Hall–Kier alpha value is -1.30. The summed E-state index contributed by atoms with van der Waals surface area (Å²) in [5.74, 6) is -0.792. The summed E-state index contributed by atoms with van der Waals surface area (Å²) in [6.45, 7) is 8.43. The molecule has 1 fully saturated rings. The highest BCUT2D eigenvalue weighted by atomic mass is 16.5. The van der Waals surface area contributed by atoms with Gasteiger partial charge in [0, 0.05) is 12.6 Å². The smallest absolute Gasteiger partial charge is 0.326 e. The lowest BCUT2D eigenvalue weighted by molar-refractivity contribution is -0.139. The maximum Gasteiger partial charge on any atom is 0.326 e. The number of ether oxygens (including phenoxy) is 1. The van der Waals surface area contributed by atoms with Gasteiger partial charge in [0.2, 0.25) is 0 Å². The summed E-state index contributed by atoms with van der Waals surface area (Å²) in [5.41, 5.74) is -0.250. The number of carboxylic acid groups (broad SMARTS) is 1. The van der Waals surface area contributed by atoms with Gasteiger partial charge in [-0.2, -0.15) is 0 Å². The van der Waals surface area contributed by atoms with E-state index in [1.807, 2.05) is 27.7 Å². The molecule has 0 saturated carbocycles. The molecule has 1 aliphatic heterocycles. The zero-order valence-electron chi connectivity index (χ0n) is 12.7. The fourth-order valence-electron chi connectivity index (χ4n) is 2.43. The lowest BCUT2D eigenvalue weighted by Gasteiger charge is -2.35. The highest BCUT2D eigenvalue weighted by molar-refractivity contribution is 5.82. The molecule has 1 heterocycles. The minimum Gasteiger partial charge on any atom is -0.480 e. The summed E-state index contributed by atoms with van der Waals surface area (Å²) in [7, 11) is 0. The number of urea groups is 1. The summed E-state index contributed by atoms with van der Waals surface area (Å²) in [4.78, 5) is 23.0. The molecule has 1 aliphatic rings. The first-order valence-electron chi connectivity index (χ1n) is 7.13.